The van der Waals surface area contributed by atoms with Gasteiger partial charge in [0.1, 0.15) is 0 Å². The number of anilines is 1. The molecule has 0 aliphatic carbocycles. The third-order valence-electron chi connectivity index (χ3n) is 5.72. The Morgan fingerprint density at radius 1 is 1.18 bits per heavy atom. The van der Waals surface area contributed by atoms with Gasteiger partial charge in [0.05, 0.1) is 27.7 Å². The van der Waals surface area contributed by atoms with E-state index < -0.39 is 0 Å². The zero-order valence-electron chi connectivity index (χ0n) is 15.7. The fourth-order valence-electron chi connectivity index (χ4n) is 4.14. The standard InChI is InChI=1S/C20H24N6OS/c27-19(15-13-22-24-18(15)14-4-3-7-21-12-14)25-8-10-26(11-9-25)20-23-16-5-1-2-6-17(16)28-20/h1-2,5-6,13-14,21H,3-4,7-12H2,(H,22,24). The van der Waals surface area contributed by atoms with E-state index in [1.165, 1.54) is 4.70 Å². The molecule has 0 spiro atoms. The van der Waals surface area contributed by atoms with Crippen LogP contribution in [0.5, 0.6) is 0 Å². The van der Waals surface area contributed by atoms with Crippen molar-refractivity contribution in [2.75, 3.05) is 44.2 Å². The van der Waals surface area contributed by atoms with Gasteiger partial charge in [-0.2, -0.15) is 5.10 Å². The van der Waals surface area contributed by atoms with Gasteiger partial charge in [-0.05, 0) is 31.5 Å². The molecule has 8 heteroatoms. The summed E-state index contributed by atoms with van der Waals surface area (Å²) < 4.78 is 1.21. The first-order valence-electron chi connectivity index (χ1n) is 9.93. The number of hydrogen-bond acceptors (Lipinski definition) is 6. The molecule has 7 nitrogen and oxygen atoms in total. The summed E-state index contributed by atoms with van der Waals surface area (Å²) in [7, 11) is 0. The van der Waals surface area contributed by atoms with E-state index in [4.69, 9.17) is 4.98 Å². The summed E-state index contributed by atoms with van der Waals surface area (Å²) >= 11 is 1.72. The molecule has 3 aromatic rings. The van der Waals surface area contributed by atoms with E-state index in [0.29, 0.717) is 19.0 Å². The van der Waals surface area contributed by atoms with E-state index in [9.17, 15) is 4.79 Å². The number of aromatic nitrogens is 3. The SMILES string of the molecule is O=C(c1cn[nH]c1C1CCCNC1)N1CCN(c2nc3ccccc3s2)CC1. The summed E-state index contributed by atoms with van der Waals surface area (Å²) in [5.74, 6) is 0.442. The van der Waals surface area contributed by atoms with Crippen molar-refractivity contribution in [3.63, 3.8) is 0 Å². The highest BCUT2D eigenvalue weighted by Crippen LogP contribution is 2.30. The predicted molar refractivity (Wildman–Crippen MR) is 111 cm³/mol. The molecule has 1 amide bonds. The molecule has 28 heavy (non-hydrogen) atoms. The average molecular weight is 397 g/mol. The highest BCUT2D eigenvalue weighted by Gasteiger charge is 2.29. The molecule has 1 atom stereocenters. The smallest absolute Gasteiger partial charge is 0.257 e. The van der Waals surface area contributed by atoms with Crippen molar-refractivity contribution in [2.45, 2.75) is 18.8 Å². The van der Waals surface area contributed by atoms with E-state index in [1.54, 1.807) is 17.5 Å². The Labute approximate surface area is 167 Å². The number of nitrogens with zero attached hydrogens (tertiary/aromatic N) is 4. The quantitative estimate of drug-likeness (QED) is 0.711. The van der Waals surface area contributed by atoms with E-state index in [0.717, 1.165) is 60.9 Å². The summed E-state index contributed by atoms with van der Waals surface area (Å²) in [5.41, 5.74) is 2.78. The third-order valence-corrected chi connectivity index (χ3v) is 6.82. The highest BCUT2D eigenvalue weighted by molar-refractivity contribution is 7.22. The fourth-order valence-corrected chi connectivity index (χ4v) is 5.16. The number of benzene rings is 1. The molecule has 0 bridgehead atoms. The van der Waals surface area contributed by atoms with Crippen LogP contribution < -0.4 is 10.2 Å². The van der Waals surface area contributed by atoms with E-state index in [-0.39, 0.29) is 5.91 Å². The van der Waals surface area contributed by atoms with E-state index in [2.05, 4.69) is 32.5 Å². The van der Waals surface area contributed by atoms with Crippen LogP contribution in [0.4, 0.5) is 5.13 Å². The van der Waals surface area contributed by atoms with Crippen molar-refractivity contribution in [1.82, 2.24) is 25.4 Å². The lowest BCUT2D eigenvalue weighted by Gasteiger charge is -2.34. The number of amides is 1. The van der Waals surface area contributed by atoms with E-state index in [1.807, 2.05) is 17.0 Å². The number of piperazine rings is 1. The number of fused-ring (bicyclic) bond motifs is 1. The number of thiazole rings is 1. The summed E-state index contributed by atoms with van der Waals surface area (Å²) in [6.07, 6.45) is 3.94. The van der Waals surface area contributed by atoms with Crippen LogP contribution in [0, 0.1) is 0 Å². The molecule has 2 aliphatic rings. The Hall–Kier alpha value is -2.45. The van der Waals surface area contributed by atoms with Gasteiger partial charge in [0.25, 0.3) is 5.91 Å². The fraction of sp³-hybridized carbons (Fsp3) is 0.450. The maximum Gasteiger partial charge on any atom is 0.257 e. The van der Waals surface area contributed by atoms with E-state index >= 15 is 0 Å². The normalized spacial score (nSPS) is 20.6. The van der Waals surface area contributed by atoms with Gasteiger partial charge in [-0.1, -0.05) is 23.5 Å². The molecule has 5 rings (SSSR count). The molecule has 1 aromatic carbocycles. The Kier molecular flexibility index (Phi) is 4.74. The third kappa shape index (κ3) is 3.27. The topological polar surface area (TPSA) is 77.2 Å². The number of carbonyl (C=O) groups excluding carboxylic acids is 1. The van der Waals surface area contributed by atoms with Crippen molar-refractivity contribution >= 4 is 32.6 Å². The molecule has 2 saturated heterocycles. The second kappa shape index (κ2) is 7.52. The van der Waals surface area contributed by atoms with Crippen LogP contribution in [-0.4, -0.2) is 65.3 Å². The second-order valence-corrected chi connectivity index (χ2v) is 8.49. The number of hydrogen-bond donors (Lipinski definition) is 2. The first kappa shape index (κ1) is 17.6. The van der Waals surface area contributed by atoms with Crippen molar-refractivity contribution in [1.29, 1.82) is 0 Å². The molecule has 146 valence electrons. The molecular formula is C20H24N6OS. The molecule has 2 aliphatic heterocycles. The van der Waals surface area contributed by atoms with Gasteiger partial charge in [0, 0.05) is 38.6 Å². The maximum atomic E-state index is 13.1. The van der Waals surface area contributed by atoms with Crippen LogP contribution in [0.15, 0.2) is 30.5 Å². The number of H-pyrrole nitrogens is 1. The van der Waals surface area contributed by atoms with Crippen LogP contribution in [0.25, 0.3) is 10.2 Å². The minimum Gasteiger partial charge on any atom is -0.345 e. The summed E-state index contributed by atoms with van der Waals surface area (Å²) in [4.78, 5) is 22.1. The van der Waals surface area contributed by atoms with Crippen LogP contribution in [0.1, 0.15) is 34.8 Å². The minimum absolute atomic E-state index is 0.0956. The Morgan fingerprint density at radius 3 is 2.82 bits per heavy atom. The van der Waals surface area contributed by atoms with Crippen molar-refractivity contribution in [3.05, 3.63) is 41.7 Å². The monoisotopic (exact) mass is 396 g/mol. The van der Waals surface area contributed by atoms with Crippen molar-refractivity contribution in [2.24, 2.45) is 0 Å². The van der Waals surface area contributed by atoms with Gasteiger partial charge in [0.2, 0.25) is 0 Å². The predicted octanol–water partition coefficient (Wildman–Crippen LogP) is 2.45. The summed E-state index contributed by atoms with van der Waals surface area (Å²) in [5, 5.41) is 11.7. The Morgan fingerprint density at radius 2 is 2.04 bits per heavy atom. The van der Waals surface area contributed by atoms with Gasteiger partial charge in [-0.25, -0.2) is 4.98 Å². The molecule has 4 heterocycles. The number of rotatable bonds is 3. The molecule has 2 N–H and O–H groups in total. The lowest BCUT2D eigenvalue weighted by atomic mass is 9.93. The molecule has 2 aromatic heterocycles. The highest BCUT2D eigenvalue weighted by atomic mass is 32.1. The lowest BCUT2D eigenvalue weighted by Crippen LogP contribution is -2.49. The number of aromatic amines is 1. The molecule has 0 saturated carbocycles. The van der Waals surface area contributed by atoms with Crippen LogP contribution >= 0.6 is 11.3 Å². The zero-order valence-corrected chi connectivity index (χ0v) is 16.5. The zero-order chi connectivity index (χ0) is 18.9. The summed E-state index contributed by atoms with van der Waals surface area (Å²) in [6.45, 7) is 5.01. The molecule has 0 radical (unpaired) electrons. The lowest BCUT2D eigenvalue weighted by molar-refractivity contribution is 0.0745. The second-order valence-electron chi connectivity index (χ2n) is 7.48. The van der Waals surface area contributed by atoms with Gasteiger partial charge < -0.3 is 15.1 Å². The molecular weight excluding hydrogens is 372 g/mol. The number of para-hydroxylation sites is 1. The molecule has 2 fully saturated rings. The number of nitrogens with one attached hydrogen (secondary N) is 2. The number of piperidine rings is 1. The largest absolute Gasteiger partial charge is 0.345 e. The number of carbonyl (C=O) groups is 1. The van der Waals surface area contributed by atoms with Crippen LogP contribution in [-0.2, 0) is 0 Å². The first-order chi connectivity index (χ1) is 13.8. The molecule has 1 unspecified atom stereocenters. The average Bonchev–Trinajstić information content (AvgIpc) is 3.41. The van der Waals surface area contributed by atoms with Crippen molar-refractivity contribution in [3.8, 4) is 0 Å². The Bertz CT molecular complexity index is 935. The maximum absolute atomic E-state index is 13.1. The Balaban J connectivity index is 1.27. The van der Waals surface area contributed by atoms with Gasteiger partial charge in [0.15, 0.2) is 5.13 Å². The summed E-state index contributed by atoms with van der Waals surface area (Å²) in [6, 6.07) is 8.23. The minimum atomic E-state index is 0.0956. The van der Waals surface area contributed by atoms with Crippen molar-refractivity contribution < 1.29 is 4.79 Å². The van der Waals surface area contributed by atoms with Crippen LogP contribution in [0.3, 0.4) is 0 Å². The van der Waals surface area contributed by atoms with Gasteiger partial charge >= 0.3 is 0 Å². The van der Waals surface area contributed by atoms with Crippen LogP contribution in [0.2, 0.25) is 0 Å². The first-order valence-corrected chi connectivity index (χ1v) is 10.7. The van der Waals surface area contributed by atoms with Gasteiger partial charge in [-0.15, -0.1) is 0 Å². The van der Waals surface area contributed by atoms with Gasteiger partial charge in [-0.3, -0.25) is 9.89 Å².